The quantitative estimate of drug-likeness (QED) is 0.869. The molecule has 0 bridgehead atoms. The van der Waals surface area contributed by atoms with Crippen LogP contribution in [-0.2, 0) is 0 Å². The number of carbonyl (C=O) groups is 1. The summed E-state index contributed by atoms with van der Waals surface area (Å²) in [6.07, 6.45) is 0.402. The number of nitrogens with two attached hydrogens (primary N) is 1. The van der Waals surface area contributed by atoms with Gasteiger partial charge in [0.1, 0.15) is 0 Å². The molecule has 110 valence electrons. The van der Waals surface area contributed by atoms with Gasteiger partial charge >= 0.3 is 6.03 Å². The Labute approximate surface area is 120 Å². The lowest BCUT2D eigenvalue weighted by Crippen LogP contribution is -2.39. The molecule has 1 aliphatic rings. The summed E-state index contributed by atoms with van der Waals surface area (Å²) in [6, 6.07) is 7.60. The SMILES string of the molecule is Cc1ccc(C(O)CN2CCCN(C(N)=O)CC2)cc1. The first-order chi connectivity index (χ1) is 9.56. The minimum absolute atomic E-state index is 0.356. The second-order valence-corrected chi connectivity index (χ2v) is 5.41. The molecule has 1 unspecified atom stereocenters. The Kier molecular flexibility index (Phi) is 4.98. The standard InChI is InChI=1S/C15H23N3O2/c1-12-3-5-13(6-4-12)14(19)11-17-7-2-8-18(10-9-17)15(16)20/h3-6,14,19H,2,7-11H2,1H3,(H2,16,20). The zero-order chi connectivity index (χ0) is 14.5. The van der Waals surface area contributed by atoms with Gasteiger partial charge in [-0.2, -0.15) is 0 Å². The van der Waals surface area contributed by atoms with Gasteiger partial charge in [0, 0.05) is 32.7 Å². The highest BCUT2D eigenvalue weighted by Crippen LogP contribution is 2.16. The molecule has 3 N–H and O–H groups in total. The molecule has 0 radical (unpaired) electrons. The number of rotatable bonds is 3. The van der Waals surface area contributed by atoms with Crippen LogP contribution >= 0.6 is 0 Å². The highest BCUT2D eigenvalue weighted by atomic mass is 16.3. The monoisotopic (exact) mass is 277 g/mol. The second-order valence-electron chi connectivity index (χ2n) is 5.41. The van der Waals surface area contributed by atoms with Crippen molar-refractivity contribution in [1.82, 2.24) is 9.80 Å². The number of carbonyl (C=O) groups excluding carboxylic acids is 1. The van der Waals surface area contributed by atoms with E-state index in [1.807, 2.05) is 31.2 Å². The van der Waals surface area contributed by atoms with Gasteiger partial charge in [0.25, 0.3) is 0 Å². The average Bonchev–Trinajstić information content (AvgIpc) is 2.65. The molecule has 1 atom stereocenters. The van der Waals surface area contributed by atoms with Gasteiger partial charge < -0.3 is 15.7 Å². The first-order valence-electron chi connectivity index (χ1n) is 7.07. The molecular formula is C15H23N3O2. The highest BCUT2D eigenvalue weighted by molar-refractivity contribution is 5.71. The fourth-order valence-electron chi connectivity index (χ4n) is 2.51. The number of β-amino-alcohol motifs (C(OH)–C–C–N with tert-alkyl or cyclic N) is 1. The normalized spacial score (nSPS) is 18.6. The lowest BCUT2D eigenvalue weighted by Gasteiger charge is -2.23. The number of benzene rings is 1. The molecule has 1 aliphatic heterocycles. The maximum Gasteiger partial charge on any atom is 0.314 e. The lowest BCUT2D eigenvalue weighted by molar-refractivity contribution is 0.115. The largest absolute Gasteiger partial charge is 0.387 e. The summed E-state index contributed by atoms with van der Waals surface area (Å²) in [7, 11) is 0. The topological polar surface area (TPSA) is 69.8 Å². The van der Waals surface area contributed by atoms with E-state index in [4.69, 9.17) is 5.73 Å². The minimum Gasteiger partial charge on any atom is -0.387 e. The zero-order valence-corrected chi connectivity index (χ0v) is 12.0. The number of aliphatic hydroxyl groups excluding tert-OH is 1. The van der Waals surface area contributed by atoms with Crippen LogP contribution in [0.5, 0.6) is 0 Å². The number of nitrogens with zero attached hydrogens (tertiary/aromatic N) is 2. The smallest absolute Gasteiger partial charge is 0.314 e. The van der Waals surface area contributed by atoms with E-state index in [-0.39, 0.29) is 6.03 Å². The Hall–Kier alpha value is -1.59. The maximum absolute atomic E-state index is 11.2. The molecular weight excluding hydrogens is 254 g/mol. The summed E-state index contributed by atoms with van der Waals surface area (Å²) in [4.78, 5) is 15.0. The molecule has 1 aromatic carbocycles. The fourth-order valence-corrected chi connectivity index (χ4v) is 2.51. The molecule has 5 heteroatoms. The van der Waals surface area contributed by atoms with Crippen LogP contribution in [-0.4, -0.2) is 53.7 Å². The average molecular weight is 277 g/mol. The van der Waals surface area contributed by atoms with Crippen molar-refractivity contribution in [2.75, 3.05) is 32.7 Å². The van der Waals surface area contributed by atoms with Gasteiger partial charge in [-0.15, -0.1) is 0 Å². The summed E-state index contributed by atoms with van der Waals surface area (Å²) < 4.78 is 0. The molecule has 0 spiro atoms. The molecule has 0 aromatic heterocycles. The molecule has 0 saturated carbocycles. The third kappa shape index (κ3) is 3.95. The van der Waals surface area contributed by atoms with E-state index in [1.54, 1.807) is 4.90 Å². The third-order valence-corrected chi connectivity index (χ3v) is 3.79. The molecule has 1 saturated heterocycles. The Morgan fingerprint density at radius 3 is 2.60 bits per heavy atom. The highest BCUT2D eigenvalue weighted by Gasteiger charge is 2.19. The van der Waals surface area contributed by atoms with Crippen LogP contribution in [0.2, 0.25) is 0 Å². The van der Waals surface area contributed by atoms with Gasteiger partial charge in [-0.05, 0) is 18.9 Å². The summed E-state index contributed by atoms with van der Waals surface area (Å²) in [5, 5.41) is 10.3. The summed E-state index contributed by atoms with van der Waals surface area (Å²) in [6.45, 7) is 5.60. The van der Waals surface area contributed by atoms with E-state index < -0.39 is 6.10 Å². The predicted octanol–water partition coefficient (Wildman–Crippen LogP) is 1.11. The van der Waals surface area contributed by atoms with Crippen molar-refractivity contribution in [2.45, 2.75) is 19.4 Å². The van der Waals surface area contributed by atoms with Gasteiger partial charge in [0.15, 0.2) is 0 Å². The molecule has 2 rings (SSSR count). The van der Waals surface area contributed by atoms with E-state index in [0.717, 1.165) is 25.1 Å². The van der Waals surface area contributed by atoms with Gasteiger partial charge in [0.2, 0.25) is 0 Å². The van der Waals surface area contributed by atoms with Crippen molar-refractivity contribution in [2.24, 2.45) is 5.73 Å². The summed E-state index contributed by atoms with van der Waals surface area (Å²) >= 11 is 0. The van der Waals surface area contributed by atoms with Crippen LogP contribution in [0.1, 0.15) is 23.7 Å². The molecule has 1 aromatic rings. The number of primary amides is 1. The summed E-state index contributed by atoms with van der Waals surface area (Å²) in [5.74, 6) is 0. The van der Waals surface area contributed by atoms with Crippen LogP contribution in [0.15, 0.2) is 24.3 Å². The number of urea groups is 1. The van der Waals surface area contributed by atoms with Crippen molar-refractivity contribution < 1.29 is 9.90 Å². The minimum atomic E-state index is -0.490. The Morgan fingerprint density at radius 1 is 1.25 bits per heavy atom. The van der Waals surface area contributed by atoms with E-state index in [1.165, 1.54) is 5.56 Å². The van der Waals surface area contributed by atoms with Gasteiger partial charge in [0.05, 0.1) is 6.10 Å². The van der Waals surface area contributed by atoms with Gasteiger partial charge in [-0.3, -0.25) is 4.90 Å². The van der Waals surface area contributed by atoms with E-state index in [0.29, 0.717) is 19.6 Å². The molecule has 1 fully saturated rings. The number of hydrogen-bond acceptors (Lipinski definition) is 3. The number of amides is 2. The second kappa shape index (κ2) is 6.72. The Morgan fingerprint density at radius 2 is 1.95 bits per heavy atom. The lowest BCUT2D eigenvalue weighted by atomic mass is 10.1. The number of aliphatic hydroxyl groups is 1. The van der Waals surface area contributed by atoms with E-state index >= 15 is 0 Å². The van der Waals surface area contributed by atoms with Crippen molar-refractivity contribution in [1.29, 1.82) is 0 Å². The zero-order valence-electron chi connectivity index (χ0n) is 12.0. The first kappa shape index (κ1) is 14.8. The van der Waals surface area contributed by atoms with Gasteiger partial charge in [-0.1, -0.05) is 29.8 Å². The Balaban J connectivity index is 1.89. The molecule has 0 aliphatic carbocycles. The van der Waals surface area contributed by atoms with Crippen molar-refractivity contribution in [3.05, 3.63) is 35.4 Å². The summed E-state index contributed by atoms with van der Waals surface area (Å²) in [5.41, 5.74) is 7.43. The molecule has 20 heavy (non-hydrogen) atoms. The fraction of sp³-hybridized carbons (Fsp3) is 0.533. The molecule has 5 nitrogen and oxygen atoms in total. The molecule has 2 amide bonds. The van der Waals surface area contributed by atoms with E-state index in [9.17, 15) is 9.90 Å². The number of hydrogen-bond donors (Lipinski definition) is 2. The van der Waals surface area contributed by atoms with Crippen LogP contribution in [0, 0.1) is 6.92 Å². The van der Waals surface area contributed by atoms with Gasteiger partial charge in [-0.25, -0.2) is 4.79 Å². The van der Waals surface area contributed by atoms with Crippen molar-refractivity contribution >= 4 is 6.03 Å². The van der Waals surface area contributed by atoms with Crippen LogP contribution < -0.4 is 5.73 Å². The molecule has 1 heterocycles. The van der Waals surface area contributed by atoms with Crippen LogP contribution in [0.25, 0.3) is 0 Å². The number of aryl methyl sites for hydroxylation is 1. The van der Waals surface area contributed by atoms with Crippen LogP contribution in [0.3, 0.4) is 0 Å². The maximum atomic E-state index is 11.2. The van der Waals surface area contributed by atoms with Crippen molar-refractivity contribution in [3.63, 3.8) is 0 Å². The first-order valence-corrected chi connectivity index (χ1v) is 7.07. The third-order valence-electron chi connectivity index (χ3n) is 3.79. The predicted molar refractivity (Wildman–Crippen MR) is 78.4 cm³/mol. The Bertz CT molecular complexity index is 447. The van der Waals surface area contributed by atoms with Crippen molar-refractivity contribution in [3.8, 4) is 0 Å². The van der Waals surface area contributed by atoms with E-state index in [2.05, 4.69) is 4.90 Å². The van der Waals surface area contributed by atoms with Crippen LogP contribution in [0.4, 0.5) is 4.79 Å².